The Morgan fingerprint density at radius 3 is 2.94 bits per heavy atom. The summed E-state index contributed by atoms with van der Waals surface area (Å²) in [5.74, 6) is 0.475. The van der Waals surface area contributed by atoms with E-state index >= 15 is 0 Å². The van der Waals surface area contributed by atoms with E-state index in [1.54, 1.807) is 6.92 Å². The fourth-order valence-corrected chi connectivity index (χ4v) is 2.12. The molecule has 0 aliphatic carbocycles. The van der Waals surface area contributed by atoms with Crippen molar-refractivity contribution in [2.75, 3.05) is 12.3 Å². The van der Waals surface area contributed by atoms with Crippen molar-refractivity contribution < 1.29 is 9.90 Å². The van der Waals surface area contributed by atoms with Gasteiger partial charge in [-0.05, 0) is 31.0 Å². The van der Waals surface area contributed by atoms with Crippen LogP contribution in [0, 0.1) is 0 Å². The van der Waals surface area contributed by atoms with Crippen LogP contribution in [-0.4, -0.2) is 23.3 Å². The number of thioether (sulfide) groups is 1. The first-order valence-corrected chi connectivity index (χ1v) is 6.79. The normalized spacial score (nSPS) is 12.2. The maximum atomic E-state index is 11.4. The molecule has 0 aliphatic rings. The molecule has 0 bridgehead atoms. The lowest BCUT2D eigenvalue weighted by Crippen LogP contribution is -2.25. The minimum Gasteiger partial charge on any atom is -0.389 e. The largest absolute Gasteiger partial charge is 0.389 e. The van der Waals surface area contributed by atoms with Crippen LogP contribution in [0.15, 0.2) is 29.2 Å². The van der Waals surface area contributed by atoms with Gasteiger partial charge in [-0.3, -0.25) is 4.79 Å². The van der Waals surface area contributed by atoms with Crippen LogP contribution in [0.1, 0.15) is 31.9 Å². The van der Waals surface area contributed by atoms with Gasteiger partial charge in [0.15, 0.2) is 0 Å². The van der Waals surface area contributed by atoms with Crippen molar-refractivity contribution in [2.24, 2.45) is 0 Å². The smallest absolute Gasteiger partial charge is 0.230 e. The molecule has 0 fully saturated rings. The maximum Gasteiger partial charge on any atom is 0.230 e. The van der Waals surface area contributed by atoms with Crippen molar-refractivity contribution in [1.29, 1.82) is 0 Å². The highest BCUT2D eigenvalue weighted by Crippen LogP contribution is 2.21. The van der Waals surface area contributed by atoms with Crippen LogP contribution in [-0.2, 0) is 4.79 Å². The van der Waals surface area contributed by atoms with Crippen LogP contribution in [0.4, 0.5) is 0 Å². The molecule has 4 heteroatoms. The molecule has 0 radical (unpaired) electrons. The van der Waals surface area contributed by atoms with Gasteiger partial charge in [0.1, 0.15) is 0 Å². The minimum atomic E-state index is -0.468. The molecule has 1 aromatic carbocycles. The summed E-state index contributed by atoms with van der Waals surface area (Å²) in [6.07, 6.45) is 0.484. The molecule has 0 saturated heterocycles. The van der Waals surface area contributed by atoms with Crippen molar-refractivity contribution in [2.45, 2.75) is 31.3 Å². The summed E-state index contributed by atoms with van der Waals surface area (Å²) >= 11 is 1.49. The van der Waals surface area contributed by atoms with Gasteiger partial charge in [-0.25, -0.2) is 0 Å². The Kier molecular flexibility index (Phi) is 6.08. The number of amides is 1. The van der Waals surface area contributed by atoms with Crippen LogP contribution in [0.25, 0.3) is 0 Å². The molecule has 0 saturated carbocycles. The van der Waals surface area contributed by atoms with E-state index in [0.29, 0.717) is 5.75 Å². The number of benzene rings is 1. The molecule has 1 unspecified atom stereocenters. The van der Waals surface area contributed by atoms with Crippen molar-refractivity contribution in [3.8, 4) is 0 Å². The first-order valence-electron chi connectivity index (χ1n) is 5.81. The van der Waals surface area contributed by atoms with Crippen LogP contribution < -0.4 is 5.32 Å². The molecule has 1 rings (SSSR count). The standard InChI is InChI=1S/C13H19NO2S/c1-3-7-14-13(16)9-17-12-6-4-5-11(8-12)10(2)15/h4-6,8,10,15H,3,7,9H2,1-2H3,(H,14,16). The molecular formula is C13H19NO2S. The summed E-state index contributed by atoms with van der Waals surface area (Å²) in [6, 6.07) is 7.65. The van der Waals surface area contributed by atoms with E-state index in [2.05, 4.69) is 5.32 Å². The molecule has 94 valence electrons. The van der Waals surface area contributed by atoms with E-state index in [1.807, 2.05) is 31.2 Å². The van der Waals surface area contributed by atoms with Crippen LogP contribution >= 0.6 is 11.8 Å². The number of aliphatic hydroxyl groups is 1. The van der Waals surface area contributed by atoms with Gasteiger partial charge in [0.2, 0.25) is 5.91 Å². The molecule has 1 amide bonds. The lowest BCUT2D eigenvalue weighted by Gasteiger charge is -2.07. The van der Waals surface area contributed by atoms with Crippen LogP contribution in [0.2, 0.25) is 0 Å². The summed E-state index contributed by atoms with van der Waals surface area (Å²) in [7, 11) is 0. The first kappa shape index (κ1) is 14.1. The summed E-state index contributed by atoms with van der Waals surface area (Å²) in [5, 5.41) is 12.3. The highest BCUT2D eigenvalue weighted by molar-refractivity contribution is 8.00. The van der Waals surface area contributed by atoms with Gasteiger partial charge >= 0.3 is 0 Å². The Hall–Kier alpha value is -1.00. The SMILES string of the molecule is CCCNC(=O)CSc1cccc(C(C)O)c1. The zero-order valence-electron chi connectivity index (χ0n) is 10.3. The molecule has 1 atom stereocenters. The van der Waals surface area contributed by atoms with E-state index in [4.69, 9.17) is 0 Å². The maximum absolute atomic E-state index is 11.4. The summed E-state index contributed by atoms with van der Waals surface area (Å²) in [5.41, 5.74) is 0.879. The molecule has 0 aromatic heterocycles. The third kappa shape index (κ3) is 5.24. The number of carbonyl (C=O) groups excluding carboxylic acids is 1. The monoisotopic (exact) mass is 253 g/mol. The van der Waals surface area contributed by atoms with Gasteiger partial charge in [0.25, 0.3) is 0 Å². The molecular weight excluding hydrogens is 234 g/mol. The van der Waals surface area contributed by atoms with E-state index in [-0.39, 0.29) is 5.91 Å². The van der Waals surface area contributed by atoms with Crippen LogP contribution in [0.5, 0.6) is 0 Å². The van der Waals surface area contributed by atoms with E-state index in [0.717, 1.165) is 23.4 Å². The zero-order valence-corrected chi connectivity index (χ0v) is 11.1. The van der Waals surface area contributed by atoms with Gasteiger partial charge < -0.3 is 10.4 Å². The summed E-state index contributed by atoms with van der Waals surface area (Å²) in [4.78, 5) is 12.4. The number of hydrogen-bond acceptors (Lipinski definition) is 3. The highest BCUT2D eigenvalue weighted by atomic mass is 32.2. The van der Waals surface area contributed by atoms with E-state index in [9.17, 15) is 9.90 Å². The van der Waals surface area contributed by atoms with Gasteiger partial charge in [0, 0.05) is 11.4 Å². The highest BCUT2D eigenvalue weighted by Gasteiger charge is 2.04. The number of aliphatic hydroxyl groups excluding tert-OH is 1. The number of rotatable bonds is 6. The van der Waals surface area contributed by atoms with Crippen molar-refractivity contribution >= 4 is 17.7 Å². The second-order valence-corrected chi connectivity index (χ2v) is 4.94. The molecule has 1 aromatic rings. The predicted octanol–water partition coefficient (Wildman–Crippen LogP) is 2.36. The average Bonchev–Trinajstić information content (AvgIpc) is 2.34. The van der Waals surface area contributed by atoms with Gasteiger partial charge in [-0.15, -0.1) is 11.8 Å². The Balaban J connectivity index is 2.46. The fourth-order valence-electron chi connectivity index (χ4n) is 1.33. The average molecular weight is 253 g/mol. The second-order valence-electron chi connectivity index (χ2n) is 3.89. The van der Waals surface area contributed by atoms with Gasteiger partial charge in [0.05, 0.1) is 11.9 Å². The lowest BCUT2D eigenvalue weighted by atomic mass is 10.1. The van der Waals surface area contributed by atoms with Crippen molar-refractivity contribution in [3.63, 3.8) is 0 Å². The lowest BCUT2D eigenvalue weighted by molar-refractivity contribution is -0.118. The predicted molar refractivity (Wildman–Crippen MR) is 71.1 cm³/mol. The fraction of sp³-hybridized carbons (Fsp3) is 0.462. The van der Waals surface area contributed by atoms with Crippen molar-refractivity contribution in [3.05, 3.63) is 29.8 Å². The molecule has 3 nitrogen and oxygen atoms in total. The molecule has 0 aliphatic heterocycles. The molecule has 0 spiro atoms. The van der Waals surface area contributed by atoms with Crippen LogP contribution in [0.3, 0.4) is 0 Å². The first-order chi connectivity index (χ1) is 8.13. The Morgan fingerprint density at radius 1 is 1.53 bits per heavy atom. The minimum absolute atomic E-state index is 0.0549. The Bertz CT molecular complexity index is 366. The number of nitrogens with one attached hydrogen (secondary N) is 1. The van der Waals surface area contributed by atoms with E-state index < -0.39 is 6.10 Å². The van der Waals surface area contributed by atoms with Crippen molar-refractivity contribution in [1.82, 2.24) is 5.32 Å². The zero-order chi connectivity index (χ0) is 12.7. The third-order valence-corrected chi connectivity index (χ3v) is 3.28. The quantitative estimate of drug-likeness (QED) is 0.765. The van der Waals surface area contributed by atoms with Gasteiger partial charge in [-0.2, -0.15) is 0 Å². The van der Waals surface area contributed by atoms with E-state index in [1.165, 1.54) is 11.8 Å². The molecule has 0 heterocycles. The number of hydrogen-bond donors (Lipinski definition) is 2. The second kappa shape index (κ2) is 7.35. The molecule has 17 heavy (non-hydrogen) atoms. The summed E-state index contributed by atoms with van der Waals surface area (Å²) < 4.78 is 0. The Morgan fingerprint density at radius 2 is 2.29 bits per heavy atom. The number of carbonyl (C=O) groups is 1. The summed E-state index contributed by atoms with van der Waals surface area (Å²) in [6.45, 7) is 4.49. The Labute approximate surface area is 107 Å². The third-order valence-electron chi connectivity index (χ3n) is 2.28. The molecule has 2 N–H and O–H groups in total. The van der Waals surface area contributed by atoms with Gasteiger partial charge in [-0.1, -0.05) is 19.1 Å². The topological polar surface area (TPSA) is 49.3 Å².